The van der Waals surface area contributed by atoms with Gasteiger partial charge in [-0.2, -0.15) is 5.10 Å². The van der Waals surface area contributed by atoms with Crippen LogP contribution in [0.1, 0.15) is 47.8 Å². The van der Waals surface area contributed by atoms with Crippen molar-refractivity contribution in [3.8, 4) is 11.4 Å². The average Bonchev–Trinajstić information content (AvgIpc) is 3.54. The SMILES string of the molecule is CN(C)[C@@H](CNC(=O)c1ccc(-c2n[nH]c(C3CC3)n2)cc1)C1CC1. The Morgan fingerprint density at radius 1 is 1.24 bits per heavy atom. The first kappa shape index (κ1) is 16.3. The lowest BCUT2D eigenvalue weighted by molar-refractivity contribution is 0.0939. The Labute approximate surface area is 148 Å². The Bertz CT molecular complexity index is 741. The number of amides is 1. The van der Waals surface area contributed by atoms with Gasteiger partial charge in [0.25, 0.3) is 5.91 Å². The lowest BCUT2D eigenvalue weighted by Gasteiger charge is -2.24. The van der Waals surface area contributed by atoms with E-state index in [0.717, 1.165) is 17.3 Å². The van der Waals surface area contributed by atoms with Gasteiger partial charge in [-0.3, -0.25) is 9.89 Å². The Kier molecular flexibility index (Phi) is 4.29. The minimum absolute atomic E-state index is 0.0206. The zero-order chi connectivity index (χ0) is 17.4. The molecule has 25 heavy (non-hydrogen) atoms. The Hall–Kier alpha value is -2.21. The summed E-state index contributed by atoms with van der Waals surface area (Å²) in [5, 5.41) is 10.4. The molecule has 0 spiro atoms. The van der Waals surface area contributed by atoms with Crippen molar-refractivity contribution in [1.29, 1.82) is 0 Å². The van der Waals surface area contributed by atoms with E-state index in [9.17, 15) is 4.79 Å². The van der Waals surface area contributed by atoms with E-state index in [2.05, 4.69) is 39.5 Å². The van der Waals surface area contributed by atoms with Crippen molar-refractivity contribution >= 4 is 5.91 Å². The highest BCUT2D eigenvalue weighted by Crippen LogP contribution is 2.38. The summed E-state index contributed by atoms with van der Waals surface area (Å²) in [5.74, 6) is 2.95. The minimum Gasteiger partial charge on any atom is -0.350 e. The fourth-order valence-corrected chi connectivity index (χ4v) is 3.26. The fraction of sp³-hybridized carbons (Fsp3) is 0.526. The summed E-state index contributed by atoms with van der Waals surface area (Å²) in [7, 11) is 4.16. The van der Waals surface area contributed by atoms with E-state index in [1.807, 2.05) is 24.3 Å². The molecule has 0 bridgehead atoms. The van der Waals surface area contributed by atoms with E-state index in [4.69, 9.17) is 0 Å². The summed E-state index contributed by atoms with van der Waals surface area (Å²) in [6, 6.07) is 7.95. The number of likely N-dealkylation sites (N-methyl/N-ethyl adjacent to an activating group) is 1. The predicted molar refractivity (Wildman–Crippen MR) is 96.3 cm³/mol. The number of aromatic nitrogens is 3. The minimum atomic E-state index is -0.0206. The summed E-state index contributed by atoms with van der Waals surface area (Å²) in [5.41, 5.74) is 1.61. The van der Waals surface area contributed by atoms with Crippen LogP contribution >= 0.6 is 0 Å². The molecule has 6 heteroatoms. The number of H-pyrrole nitrogens is 1. The largest absolute Gasteiger partial charge is 0.350 e. The molecular formula is C19H25N5O. The van der Waals surface area contributed by atoms with Gasteiger partial charge in [0.15, 0.2) is 5.82 Å². The van der Waals surface area contributed by atoms with Gasteiger partial charge in [-0.25, -0.2) is 4.98 Å². The molecule has 1 amide bonds. The van der Waals surface area contributed by atoms with E-state index in [-0.39, 0.29) is 5.91 Å². The smallest absolute Gasteiger partial charge is 0.251 e. The molecular weight excluding hydrogens is 314 g/mol. The van der Waals surface area contributed by atoms with Crippen molar-refractivity contribution in [3.05, 3.63) is 35.7 Å². The number of rotatable bonds is 7. The Balaban J connectivity index is 1.37. The van der Waals surface area contributed by atoms with Crippen LogP contribution in [0.15, 0.2) is 24.3 Å². The first-order chi connectivity index (χ1) is 12.1. The van der Waals surface area contributed by atoms with E-state index in [0.29, 0.717) is 29.9 Å². The highest BCUT2D eigenvalue weighted by molar-refractivity contribution is 5.94. The second-order valence-electron chi connectivity index (χ2n) is 7.47. The fourth-order valence-electron chi connectivity index (χ4n) is 3.26. The van der Waals surface area contributed by atoms with Gasteiger partial charge in [-0.1, -0.05) is 12.1 Å². The lowest BCUT2D eigenvalue weighted by Crippen LogP contribution is -2.41. The molecule has 0 radical (unpaired) electrons. The standard InChI is InChI=1S/C19H25N5O/c1-24(2)16(12-3-4-12)11-20-19(25)15-9-7-14(8-10-15)18-21-17(22-23-18)13-5-6-13/h7-10,12-13,16H,3-6,11H2,1-2H3,(H,20,25)(H,21,22,23)/t16-/m0/s1. The van der Waals surface area contributed by atoms with Gasteiger partial charge in [0.2, 0.25) is 0 Å². The molecule has 2 aliphatic carbocycles. The molecule has 1 atom stereocenters. The van der Waals surface area contributed by atoms with Crippen LogP contribution in [-0.4, -0.2) is 52.7 Å². The zero-order valence-corrected chi connectivity index (χ0v) is 14.8. The summed E-state index contributed by atoms with van der Waals surface area (Å²) in [4.78, 5) is 19.2. The van der Waals surface area contributed by atoms with Crippen molar-refractivity contribution < 1.29 is 4.79 Å². The topological polar surface area (TPSA) is 73.9 Å². The number of carbonyl (C=O) groups excluding carboxylic acids is 1. The quantitative estimate of drug-likeness (QED) is 0.812. The van der Waals surface area contributed by atoms with E-state index in [1.54, 1.807) is 0 Å². The second kappa shape index (κ2) is 6.59. The van der Waals surface area contributed by atoms with Crippen LogP contribution in [-0.2, 0) is 0 Å². The van der Waals surface area contributed by atoms with Crippen molar-refractivity contribution in [2.45, 2.75) is 37.6 Å². The Morgan fingerprint density at radius 2 is 1.96 bits per heavy atom. The van der Waals surface area contributed by atoms with Gasteiger partial charge < -0.3 is 10.2 Å². The van der Waals surface area contributed by atoms with Crippen LogP contribution in [0, 0.1) is 5.92 Å². The van der Waals surface area contributed by atoms with Crippen molar-refractivity contribution in [3.63, 3.8) is 0 Å². The number of hydrogen-bond acceptors (Lipinski definition) is 4. The highest BCUT2D eigenvalue weighted by atomic mass is 16.1. The molecule has 1 aromatic carbocycles. The Morgan fingerprint density at radius 3 is 2.56 bits per heavy atom. The van der Waals surface area contributed by atoms with Gasteiger partial charge in [-0.15, -0.1) is 0 Å². The highest BCUT2D eigenvalue weighted by Gasteiger charge is 2.32. The molecule has 0 unspecified atom stereocenters. The number of nitrogens with one attached hydrogen (secondary N) is 2. The number of benzene rings is 1. The first-order valence-electron chi connectivity index (χ1n) is 9.09. The van der Waals surface area contributed by atoms with Crippen LogP contribution in [0.3, 0.4) is 0 Å². The molecule has 2 aliphatic rings. The zero-order valence-electron chi connectivity index (χ0n) is 14.8. The molecule has 2 fully saturated rings. The van der Waals surface area contributed by atoms with Gasteiger partial charge in [0.1, 0.15) is 5.82 Å². The maximum atomic E-state index is 12.4. The van der Waals surface area contributed by atoms with Gasteiger partial charge in [-0.05, 0) is 57.8 Å². The maximum absolute atomic E-state index is 12.4. The predicted octanol–water partition coefficient (Wildman–Crippen LogP) is 2.42. The molecule has 0 aliphatic heterocycles. The third-order valence-corrected chi connectivity index (χ3v) is 5.17. The van der Waals surface area contributed by atoms with Crippen LogP contribution in [0.4, 0.5) is 0 Å². The summed E-state index contributed by atoms with van der Waals surface area (Å²) < 4.78 is 0. The van der Waals surface area contributed by atoms with Gasteiger partial charge in [0.05, 0.1) is 0 Å². The average molecular weight is 339 g/mol. The number of hydrogen-bond donors (Lipinski definition) is 2. The van der Waals surface area contributed by atoms with Crippen LogP contribution in [0.25, 0.3) is 11.4 Å². The monoisotopic (exact) mass is 339 g/mol. The molecule has 4 rings (SSSR count). The lowest BCUT2D eigenvalue weighted by atomic mass is 10.1. The number of carbonyl (C=O) groups is 1. The van der Waals surface area contributed by atoms with Crippen LogP contribution in [0.5, 0.6) is 0 Å². The number of nitrogens with zero attached hydrogens (tertiary/aromatic N) is 3. The summed E-state index contributed by atoms with van der Waals surface area (Å²) >= 11 is 0. The van der Waals surface area contributed by atoms with Crippen LogP contribution in [0.2, 0.25) is 0 Å². The van der Waals surface area contributed by atoms with E-state index < -0.39 is 0 Å². The third kappa shape index (κ3) is 3.74. The van der Waals surface area contributed by atoms with Gasteiger partial charge in [0, 0.05) is 29.6 Å². The molecule has 2 aromatic rings. The molecule has 132 valence electrons. The molecule has 2 N–H and O–H groups in total. The van der Waals surface area contributed by atoms with Crippen molar-refractivity contribution in [1.82, 2.24) is 25.4 Å². The van der Waals surface area contributed by atoms with E-state index >= 15 is 0 Å². The normalized spacial score (nSPS) is 18.4. The van der Waals surface area contributed by atoms with E-state index in [1.165, 1.54) is 25.7 Å². The molecule has 0 saturated heterocycles. The molecule has 1 aromatic heterocycles. The van der Waals surface area contributed by atoms with Gasteiger partial charge >= 0.3 is 0 Å². The summed E-state index contributed by atoms with van der Waals surface area (Å²) in [6.45, 7) is 0.698. The molecule has 6 nitrogen and oxygen atoms in total. The van der Waals surface area contributed by atoms with Crippen LogP contribution < -0.4 is 5.32 Å². The second-order valence-corrected chi connectivity index (χ2v) is 7.47. The summed E-state index contributed by atoms with van der Waals surface area (Å²) in [6.07, 6.45) is 4.94. The third-order valence-electron chi connectivity index (χ3n) is 5.17. The maximum Gasteiger partial charge on any atom is 0.251 e. The van der Waals surface area contributed by atoms with Crippen molar-refractivity contribution in [2.75, 3.05) is 20.6 Å². The molecule has 1 heterocycles. The number of aromatic amines is 1. The van der Waals surface area contributed by atoms with Crippen molar-refractivity contribution in [2.24, 2.45) is 5.92 Å². The first-order valence-corrected chi connectivity index (χ1v) is 9.09. The molecule has 2 saturated carbocycles.